The molecule has 240 valence electrons. The Labute approximate surface area is 256 Å². The van der Waals surface area contributed by atoms with Crippen LogP contribution < -0.4 is 5.32 Å². The first-order valence-electron chi connectivity index (χ1n) is 15.4. The Balaban J connectivity index is 4.26. The van der Waals surface area contributed by atoms with Crippen molar-refractivity contribution < 1.29 is 28.9 Å². The Bertz CT molecular complexity index is 894. The summed E-state index contributed by atoms with van der Waals surface area (Å²) in [6.07, 6.45) is 27.4. The fourth-order valence-corrected chi connectivity index (χ4v) is 3.98. The number of rotatable bonds is 22. The number of hydrogen-bond donors (Lipinski definition) is 2. The summed E-state index contributed by atoms with van der Waals surface area (Å²) in [6, 6.07) is 0. The van der Waals surface area contributed by atoms with Crippen LogP contribution in [0.2, 0.25) is 0 Å². The minimum absolute atomic E-state index is 0.0430. The SMILES string of the molecule is CC/C=C\C/C=C\C/C=C\C/C=C\C/C=C\CCCC(=O)OCC(C)(C)[C@@H](O)C(C)(NCCC(=O)OC(C)(C)C)OC. The van der Waals surface area contributed by atoms with Gasteiger partial charge in [0.2, 0.25) is 0 Å². The third-order valence-corrected chi connectivity index (χ3v) is 6.43. The van der Waals surface area contributed by atoms with E-state index in [2.05, 4.69) is 73.0 Å². The number of esters is 2. The second kappa shape index (κ2) is 22.1. The van der Waals surface area contributed by atoms with Crippen molar-refractivity contribution in [2.45, 2.75) is 124 Å². The first kappa shape index (κ1) is 39.5. The molecule has 2 N–H and O–H groups in total. The van der Waals surface area contributed by atoms with Crippen molar-refractivity contribution in [2.24, 2.45) is 5.41 Å². The Hall–Kier alpha value is -2.48. The minimum atomic E-state index is -1.14. The predicted molar refractivity (Wildman–Crippen MR) is 173 cm³/mol. The summed E-state index contributed by atoms with van der Waals surface area (Å²) in [5, 5.41) is 14.2. The lowest BCUT2D eigenvalue weighted by molar-refractivity contribution is -0.175. The van der Waals surface area contributed by atoms with Crippen LogP contribution in [0.15, 0.2) is 60.8 Å². The van der Waals surface area contributed by atoms with Gasteiger partial charge in [0.15, 0.2) is 0 Å². The summed E-state index contributed by atoms with van der Waals surface area (Å²) in [5.74, 6) is -0.625. The monoisotopic (exact) mass is 589 g/mol. The summed E-state index contributed by atoms with van der Waals surface area (Å²) >= 11 is 0. The zero-order valence-electron chi connectivity index (χ0n) is 27.6. The van der Waals surface area contributed by atoms with Gasteiger partial charge in [-0.1, -0.05) is 81.5 Å². The quantitative estimate of drug-likeness (QED) is 0.0584. The van der Waals surface area contributed by atoms with E-state index in [-0.39, 0.29) is 31.5 Å². The second-order valence-corrected chi connectivity index (χ2v) is 12.2. The van der Waals surface area contributed by atoms with Crippen LogP contribution in [0.25, 0.3) is 0 Å². The number of hydrogen-bond acceptors (Lipinski definition) is 7. The van der Waals surface area contributed by atoms with Crippen LogP contribution in [-0.2, 0) is 23.8 Å². The zero-order valence-corrected chi connectivity index (χ0v) is 27.6. The average molecular weight is 590 g/mol. The summed E-state index contributed by atoms with van der Waals surface area (Å²) in [6.45, 7) is 13.2. The van der Waals surface area contributed by atoms with Gasteiger partial charge in [-0.05, 0) is 72.6 Å². The molecule has 0 bridgehead atoms. The maximum Gasteiger partial charge on any atom is 0.307 e. The molecule has 0 aromatic heterocycles. The molecule has 0 aromatic rings. The molecule has 7 heteroatoms. The van der Waals surface area contributed by atoms with Crippen LogP contribution in [-0.4, -0.2) is 54.7 Å². The molecular formula is C35H59NO6. The van der Waals surface area contributed by atoms with Crippen LogP contribution in [0.5, 0.6) is 0 Å². The molecule has 0 radical (unpaired) electrons. The van der Waals surface area contributed by atoms with Gasteiger partial charge < -0.3 is 19.3 Å². The molecule has 2 atom stereocenters. The largest absolute Gasteiger partial charge is 0.465 e. The first-order valence-corrected chi connectivity index (χ1v) is 15.4. The molecular weight excluding hydrogens is 530 g/mol. The molecule has 0 aliphatic heterocycles. The molecule has 0 fully saturated rings. The topological polar surface area (TPSA) is 94.1 Å². The lowest BCUT2D eigenvalue weighted by Crippen LogP contribution is -2.60. The molecule has 0 aliphatic rings. The summed E-state index contributed by atoms with van der Waals surface area (Å²) in [7, 11) is 1.49. The minimum Gasteiger partial charge on any atom is -0.465 e. The maximum absolute atomic E-state index is 12.3. The number of aliphatic hydroxyl groups excluding tert-OH is 1. The van der Waals surface area contributed by atoms with Gasteiger partial charge in [0, 0.05) is 25.5 Å². The third kappa shape index (κ3) is 20.4. The van der Waals surface area contributed by atoms with E-state index in [1.807, 2.05) is 34.6 Å². The normalized spacial score (nSPS) is 15.4. The molecule has 0 aliphatic carbocycles. The molecule has 0 saturated carbocycles. The second-order valence-electron chi connectivity index (χ2n) is 12.2. The molecule has 0 heterocycles. The van der Waals surface area contributed by atoms with E-state index in [0.29, 0.717) is 12.8 Å². The fourth-order valence-electron chi connectivity index (χ4n) is 3.98. The van der Waals surface area contributed by atoms with E-state index in [1.165, 1.54) is 7.11 Å². The number of allylic oxidation sites excluding steroid dienone is 10. The fraction of sp³-hybridized carbons (Fsp3) is 0.657. The predicted octanol–water partition coefficient (Wildman–Crippen LogP) is 7.52. The van der Waals surface area contributed by atoms with Gasteiger partial charge in [-0.25, -0.2) is 0 Å². The number of carbonyl (C=O) groups excluding carboxylic acids is 2. The van der Waals surface area contributed by atoms with Crippen molar-refractivity contribution >= 4 is 11.9 Å². The zero-order chi connectivity index (χ0) is 31.9. The Morgan fingerprint density at radius 3 is 1.74 bits per heavy atom. The number of carbonyl (C=O) groups is 2. The summed E-state index contributed by atoms with van der Waals surface area (Å²) in [5.41, 5.74) is -2.48. The van der Waals surface area contributed by atoms with E-state index in [4.69, 9.17) is 14.2 Å². The lowest BCUT2D eigenvalue weighted by atomic mass is 9.81. The summed E-state index contributed by atoms with van der Waals surface area (Å²) in [4.78, 5) is 24.3. The van der Waals surface area contributed by atoms with Crippen molar-refractivity contribution in [3.05, 3.63) is 60.8 Å². The van der Waals surface area contributed by atoms with E-state index >= 15 is 0 Å². The standard InChI is InChI=1S/C35H59NO6/c1-9-10-11-12-13-14-15-16-17-18-19-20-21-22-23-24-25-26-30(37)41-29-34(5,6)32(39)35(7,40-8)36-28-27-31(38)42-33(2,3)4/h10-11,13-14,16-17,19-20,22-23,32,36,39H,9,12,15,18,21,24-29H2,1-8H3/b11-10-,14-13-,17-16-,20-19-,23-22-/t32-,35?/m1/s1. The van der Waals surface area contributed by atoms with E-state index in [1.54, 1.807) is 6.92 Å². The third-order valence-electron chi connectivity index (χ3n) is 6.43. The Kier molecular flexibility index (Phi) is 20.8. The van der Waals surface area contributed by atoms with E-state index in [9.17, 15) is 14.7 Å². The number of ether oxygens (including phenoxy) is 3. The molecule has 0 rings (SSSR count). The molecule has 1 unspecified atom stereocenters. The Morgan fingerprint density at radius 2 is 1.26 bits per heavy atom. The number of methoxy groups -OCH3 is 1. The van der Waals surface area contributed by atoms with Gasteiger partial charge in [0.25, 0.3) is 0 Å². The number of unbranched alkanes of at least 4 members (excludes halogenated alkanes) is 1. The van der Waals surface area contributed by atoms with Crippen molar-refractivity contribution in [1.29, 1.82) is 0 Å². The van der Waals surface area contributed by atoms with Crippen molar-refractivity contribution in [3.8, 4) is 0 Å². The van der Waals surface area contributed by atoms with Crippen molar-refractivity contribution in [3.63, 3.8) is 0 Å². The first-order chi connectivity index (χ1) is 19.8. The molecule has 42 heavy (non-hydrogen) atoms. The molecule has 0 saturated heterocycles. The number of aliphatic hydroxyl groups is 1. The van der Waals surface area contributed by atoms with E-state index < -0.39 is 22.8 Å². The highest BCUT2D eigenvalue weighted by Gasteiger charge is 2.43. The van der Waals surface area contributed by atoms with E-state index in [0.717, 1.165) is 38.5 Å². The highest BCUT2D eigenvalue weighted by Crippen LogP contribution is 2.30. The Morgan fingerprint density at radius 1 is 0.762 bits per heavy atom. The van der Waals surface area contributed by atoms with Gasteiger partial charge in [-0.15, -0.1) is 0 Å². The maximum atomic E-state index is 12.3. The molecule has 0 aromatic carbocycles. The lowest BCUT2D eigenvalue weighted by Gasteiger charge is -2.42. The van der Waals surface area contributed by atoms with Crippen LogP contribution in [0.1, 0.15) is 106 Å². The van der Waals surface area contributed by atoms with Gasteiger partial charge >= 0.3 is 11.9 Å². The molecule has 7 nitrogen and oxygen atoms in total. The van der Waals surface area contributed by atoms with Crippen LogP contribution in [0.3, 0.4) is 0 Å². The smallest absolute Gasteiger partial charge is 0.307 e. The van der Waals surface area contributed by atoms with Gasteiger partial charge in [0.1, 0.15) is 17.4 Å². The molecule has 0 amide bonds. The van der Waals surface area contributed by atoms with Crippen LogP contribution in [0, 0.1) is 5.41 Å². The van der Waals surface area contributed by atoms with Crippen LogP contribution in [0.4, 0.5) is 0 Å². The highest BCUT2D eigenvalue weighted by atomic mass is 16.6. The number of nitrogens with one attached hydrogen (secondary N) is 1. The van der Waals surface area contributed by atoms with Crippen LogP contribution >= 0.6 is 0 Å². The average Bonchev–Trinajstić information content (AvgIpc) is 2.92. The molecule has 0 spiro atoms. The highest BCUT2D eigenvalue weighted by molar-refractivity contribution is 5.70. The van der Waals surface area contributed by atoms with Gasteiger partial charge in [0.05, 0.1) is 13.0 Å². The summed E-state index contributed by atoms with van der Waals surface area (Å²) < 4.78 is 16.4. The van der Waals surface area contributed by atoms with Crippen molar-refractivity contribution in [2.75, 3.05) is 20.3 Å². The van der Waals surface area contributed by atoms with Gasteiger partial charge in [-0.3, -0.25) is 14.9 Å². The van der Waals surface area contributed by atoms with Crippen molar-refractivity contribution in [1.82, 2.24) is 5.32 Å². The van der Waals surface area contributed by atoms with Gasteiger partial charge in [-0.2, -0.15) is 0 Å².